The summed E-state index contributed by atoms with van der Waals surface area (Å²) in [5, 5.41) is 8.66. The van der Waals surface area contributed by atoms with Crippen LogP contribution in [0.2, 0.25) is 0 Å². The first-order valence-electron chi connectivity index (χ1n) is 5.21. The Bertz CT molecular complexity index is 483. The van der Waals surface area contributed by atoms with Crippen LogP contribution < -0.4 is 0 Å². The fourth-order valence-electron chi connectivity index (χ4n) is 1.38. The standard InChI is InChI=1S/C12H11NO5/c14-11(15)10-6-13(7-17-10)8-18-12(16)9-4-2-1-3-5-9/h1-6H,7-8H2,(H,14,15). The van der Waals surface area contributed by atoms with Gasteiger partial charge >= 0.3 is 11.9 Å². The second kappa shape index (κ2) is 5.22. The van der Waals surface area contributed by atoms with Crippen LogP contribution in [0.25, 0.3) is 0 Å². The van der Waals surface area contributed by atoms with Crippen molar-refractivity contribution in [3.63, 3.8) is 0 Å². The molecule has 1 aromatic rings. The van der Waals surface area contributed by atoms with Gasteiger partial charge in [-0.3, -0.25) is 0 Å². The van der Waals surface area contributed by atoms with Crippen molar-refractivity contribution in [2.45, 2.75) is 0 Å². The largest absolute Gasteiger partial charge is 0.475 e. The molecule has 6 heteroatoms. The molecular formula is C12H11NO5. The highest BCUT2D eigenvalue weighted by Gasteiger charge is 2.20. The molecule has 0 amide bonds. The third-order valence-corrected chi connectivity index (χ3v) is 2.27. The van der Waals surface area contributed by atoms with Gasteiger partial charge in [0.05, 0.1) is 11.8 Å². The van der Waals surface area contributed by atoms with E-state index in [1.54, 1.807) is 30.3 Å². The molecule has 6 nitrogen and oxygen atoms in total. The molecule has 1 heterocycles. The second-order valence-electron chi connectivity index (χ2n) is 3.59. The zero-order valence-electron chi connectivity index (χ0n) is 9.41. The highest BCUT2D eigenvalue weighted by Crippen LogP contribution is 2.11. The fourth-order valence-corrected chi connectivity index (χ4v) is 1.38. The number of carboxylic acid groups (broad SMARTS) is 1. The van der Waals surface area contributed by atoms with Crippen LogP contribution in [0.15, 0.2) is 42.3 Å². The van der Waals surface area contributed by atoms with Gasteiger partial charge in [0, 0.05) is 0 Å². The van der Waals surface area contributed by atoms with Crippen molar-refractivity contribution in [2.75, 3.05) is 13.5 Å². The first-order valence-corrected chi connectivity index (χ1v) is 5.21. The van der Waals surface area contributed by atoms with Crippen molar-refractivity contribution >= 4 is 11.9 Å². The minimum Gasteiger partial charge on any atom is -0.475 e. The van der Waals surface area contributed by atoms with E-state index in [1.165, 1.54) is 11.1 Å². The number of hydrogen-bond donors (Lipinski definition) is 1. The van der Waals surface area contributed by atoms with Crippen molar-refractivity contribution in [3.05, 3.63) is 47.9 Å². The molecule has 1 N–H and O–H groups in total. The van der Waals surface area contributed by atoms with Gasteiger partial charge in [0.25, 0.3) is 0 Å². The molecule has 0 unspecified atom stereocenters. The van der Waals surface area contributed by atoms with Gasteiger partial charge in [-0.1, -0.05) is 18.2 Å². The molecule has 0 aromatic heterocycles. The highest BCUT2D eigenvalue weighted by atomic mass is 16.6. The molecule has 0 aliphatic carbocycles. The Balaban J connectivity index is 1.86. The summed E-state index contributed by atoms with van der Waals surface area (Å²) in [5.41, 5.74) is 0.444. The second-order valence-corrected chi connectivity index (χ2v) is 3.59. The van der Waals surface area contributed by atoms with Gasteiger partial charge in [-0.15, -0.1) is 0 Å². The molecule has 94 valence electrons. The molecule has 1 aliphatic heterocycles. The molecule has 0 saturated carbocycles. The van der Waals surface area contributed by atoms with E-state index in [9.17, 15) is 9.59 Å². The Kier molecular flexibility index (Phi) is 3.47. The van der Waals surface area contributed by atoms with Crippen LogP contribution in [0.1, 0.15) is 10.4 Å². The zero-order valence-corrected chi connectivity index (χ0v) is 9.41. The molecule has 0 spiro atoms. The molecule has 0 fully saturated rings. The normalized spacial score (nSPS) is 13.8. The topological polar surface area (TPSA) is 76.1 Å². The van der Waals surface area contributed by atoms with Crippen molar-refractivity contribution in [3.8, 4) is 0 Å². The molecule has 0 atom stereocenters. The molecule has 1 aromatic carbocycles. The number of aliphatic carboxylic acids is 1. The van der Waals surface area contributed by atoms with Gasteiger partial charge in [0.2, 0.25) is 5.76 Å². The number of ether oxygens (including phenoxy) is 2. The summed E-state index contributed by atoms with van der Waals surface area (Å²) < 4.78 is 9.87. The minimum absolute atomic E-state index is 0.0511. The Morgan fingerprint density at radius 1 is 1.33 bits per heavy atom. The van der Waals surface area contributed by atoms with Gasteiger partial charge in [-0.25, -0.2) is 9.59 Å². The number of carbonyl (C=O) groups excluding carboxylic acids is 1. The first kappa shape index (κ1) is 12.0. The summed E-state index contributed by atoms with van der Waals surface area (Å²) in [4.78, 5) is 23.6. The van der Waals surface area contributed by atoms with Crippen LogP contribution in [-0.2, 0) is 14.3 Å². The lowest BCUT2D eigenvalue weighted by Crippen LogP contribution is -2.21. The van der Waals surface area contributed by atoms with Crippen LogP contribution in [0.4, 0.5) is 0 Å². The lowest BCUT2D eigenvalue weighted by molar-refractivity contribution is -0.136. The lowest BCUT2D eigenvalue weighted by Gasteiger charge is -2.13. The minimum atomic E-state index is -1.15. The van der Waals surface area contributed by atoms with Crippen molar-refractivity contribution < 1.29 is 24.2 Å². The van der Waals surface area contributed by atoms with Gasteiger partial charge in [-0.2, -0.15) is 0 Å². The predicted octanol–water partition coefficient (Wildman–Crippen LogP) is 1.02. The Labute approximate surface area is 103 Å². The van der Waals surface area contributed by atoms with E-state index in [-0.39, 0.29) is 19.2 Å². The monoisotopic (exact) mass is 249 g/mol. The van der Waals surface area contributed by atoms with E-state index in [2.05, 4.69) is 0 Å². The van der Waals surface area contributed by atoms with Gasteiger partial charge in [-0.05, 0) is 12.1 Å². The number of rotatable bonds is 4. The molecule has 2 rings (SSSR count). The third kappa shape index (κ3) is 2.79. The van der Waals surface area contributed by atoms with E-state index in [1.807, 2.05) is 0 Å². The number of nitrogens with zero attached hydrogens (tertiary/aromatic N) is 1. The highest BCUT2D eigenvalue weighted by molar-refractivity contribution is 5.89. The Morgan fingerprint density at radius 3 is 2.67 bits per heavy atom. The summed E-state index contributed by atoms with van der Waals surface area (Å²) in [5.74, 6) is -1.77. The number of esters is 1. The van der Waals surface area contributed by atoms with E-state index in [0.717, 1.165) is 0 Å². The maximum absolute atomic E-state index is 11.6. The first-order chi connectivity index (χ1) is 8.66. The average Bonchev–Trinajstić information content (AvgIpc) is 2.86. The SMILES string of the molecule is O=C(O)C1=CN(COC(=O)c2ccccc2)CO1. The summed E-state index contributed by atoms with van der Waals surface area (Å²) in [6, 6.07) is 8.55. The molecular weight excluding hydrogens is 238 g/mol. The van der Waals surface area contributed by atoms with Gasteiger partial charge in [0.1, 0.15) is 0 Å². The van der Waals surface area contributed by atoms with E-state index in [4.69, 9.17) is 14.6 Å². The van der Waals surface area contributed by atoms with Crippen LogP contribution >= 0.6 is 0 Å². The predicted molar refractivity (Wildman–Crippen MR) is 60.2 cm³/mol. The maximum atomic E-state index is 11.6. The van der Waals surface area contributed by atoms with Crippen LogP contribution in [0, 0.1) is 0 Å². The number of carboxylic acids is 1. The molecule has 1 aliphatic rings. The summed E-state index contributed by atoms with van der Waals surface area (Å²) in [6.07, 6.45) is 1.29. The smallest absolute Gasteiger partial charge is 0.372 e. The Morgan fingerprint density at radius 2 is 2.06 bits per heavy atom. The number of carbonyl (C=O) groups is 2. The molecule has 0 saturated heterocycles. The molecule has 0 radical (unpaired) electrons. The lowest BCUT2D eigenvalue weighted by atomic mass is 10.2. The summed E-state index contributed by atoms with van der Waals surface area (Å²) in [7, 11) is 0. The molecule has 0 bridgehead atoms. The number of hydrogen-bond acceptors (Lipinski definition) is 5. The van der Waals surface area contributed by atoms with E-state index < -0.39 is 11.9 Å². The average molecular weight is 249 g/mol. The van der Waals surface area contributed by atoms with Crippen LogP contribution in [-0.4, -0.2) is 35.4 Å². The fraction of sp³-hybridized carbons (Fsp3) is 0.167. The van der Waals surface area contributed by atoms with Crippen molar-refractivity contribution in [2.24, 2.45) is 0 Å². The quantitative estimate of drug-likeness (QED) is 0.803. The van der Waals surface area contributed by atoms with Crippen molar-refractivity contribution in [1.82, 2.24) is 4.90 Å². The van der Waals surface area contributed by atoms with Crippen LogP contribution in [0.3, 0.4) is 0 Å². The maximum Gasteiger partial charge on any atom is 0.372 e. The van der Waals surface area contributed by atoms with Gasteiger partial charge in [0.15, 0.2) is 13.5 Å². The summed E-state index contributed by atoms with van der Waals surface area (Å²) in [6.45, 7) is 0.00815. The molecule has 18 heavy (non-hydrogen) atoms. The summed E-state index contributed by atoms with van der Waals surface area (Å²) >= 11 is 0. The zero-order chi connectivity index (χ0) is 13.0. The third-order valence-electron chi connectivity index (χ3n) is 2.27. The van der Waals surface area contributed by atoms with Crippen molar-refractivity contribution in [1.29, 1.82) is 0 Å². The van der Waals surface area contributed by atoms with Crippen LogP contribution in [0.5, 0.6) is 0 Å². The van der Waals surface area contributed by atoms with Gasteiger partial charge < -0.3 is 19.5 Å². The number of benzene rings is 1. The van der Waals surface area contributed by atoms with E-state index >= 15 is 0 Å². The van der Waals surface area contributed by atoms with E-state index in [0.29, 0.717) is 5.56 Å². The Hall–Kier alpha value is -2.50.